The van der Waals surface area contributed by atoms with Crippen LogP contribution in [0, 0.1) is 0 Å². The summed E-state index contributed by atoms with van der Waals surface area (Å²) in [6.45, 7) is 2.77. The lowest BCUT2D eigenvalue weighted by molar-refractivity contribution is -0.185. The molecule has 0 aliphatic carbocycles. The first kappa shape index (κ1) is 21.8. The number of amides is 1. The monoisotopic (exact) mass is 451 g/mol. The summed E-state index contributed by atoms with van der Waals surface area (Å²) in [6, 6.07) is 12.0. The van der Waals surface area contributed by atoms with Gasteiger partial charge in [-0.2, -0.15) is 13.2 Å². The summed E-state index contributed by atoms with van der Waals surface area (Å²) in [7, 11) is 0. The number of hydrogen-bond donors (Lipinski definition) is 1. The van der Waals surface area contributed by atoms with E-state index in [1.165, 1.54) is 18.5 Å². The fourth-order valence-electron chi connectivity index (χ4n) is 4.40. The summed E-state index contributed by atoms with van der Waals surface area (Å²) in [6.07, 6.45) is -1.74. The van der Waals surface area contributed by atoms with Crippen molar-refractivity contribution in [2.24, 2.45) is 0 Å². The summed E-state index contributed by atoms with van der Waals surface area (Å²) >= 11 is 6.46. The van der Waals surface area contributed by atoms with Crippen LogP contribution >= 0.6 is 11.6 Å². The Bertz CT molecular complexity index is 958. The number of carbonyl (C=O) groups excluding carboxylic acids is 1. The van der Waals surface area contributed by atoms with Crippen LogP contribution in [0.4, 0.5) is 24.5 Å². The highest BCUT2D eigenvalue weighted by Gasteiger charge is 2.42. The van der Waals surface area contributed by atoms with E-state index in [1.54, 1.807) is 6.07 Å². The van der Waals surface area contributed by atoms with Crippen LogP contribution in [-0.4, -0.2) is 43.2 Å². The molecule has 2 aromatic rings. The summed E-state index contributed by atoms with van der Waals surface area (Å²) < 4.78 is 38.6. The van der Waals surface area contributed by atoms with Crippen LogP contribution in [-0.2, 0) is 24.2 Å². The van der Waals surface area contributed by atoms with Gasteiger partial charge in [-0.25, -0.2) is 0 Å². The number of nitrogens with zero attached hydrogens (tertiary/aromatic N) is 2. The predicted octanol–water partition coefficient (Wildman–Crippen LogP) is 5.04. The molecule has 2 aliphatic rings. The number of hydrogen-bond acceptors (Lipinski definition) is 3. The maximum atomic E-state index is 12.9. The van der Waals surface area contributed by atoms with Gasteiger partial charge in [0, 0.05) is 38.4 Å². The molecule has 0 atom stereocenters. The molecule has 0 radical (unpaired) electrons. The maximum Gasteiger partial charge on any atom is 0.471 e. The van der Waals surface area contributed by atoms with Crippen LogP contribution in [0.2, 0.25) is 5.02 Å². The third-order valence-corrected chi connectivity index (χ3v) is 6.34. The third kappa shape index (κ3) is 4.92. The van der Waals surface area contributed by atoms with Gasteiger partial charge < -0.3 is 15.1 Å². The molecular weight excluding hydrogens is 427 g/mol. The zero-order valence-corrected chi connectivity index (χ0v) is 17.9. The highest BCUT2D eigenvalue weighted by atomic mass is 35.5. The van der Waals surface area contributed by atoms with Crippen LogP contribution in [0.1, 0.15) is 29.5 Å². The van der Waals surface area contributed by atoms with E-state index in [0.29, 0.717) is 24.4 Å². The zero-order chi connectivity index (χ0) is 22.0. The van der Waals surface area contributed by atoms with Crippen molar-refractivity contribution in [3.05, 3.63) is 58.1 Å². The second-order valence-electron chi connectivity index (χ2n) is 8.07. The third-order valence-electron chi connectivity index (χ3n) is 6.02. The molecule has 2 aliphatic heterocycles. The molecule has 31 heavy (non-hydrogen) atoms. The molecule has 4 nitrogen and oxygen atoms in total. The summed E-state index contributed by atoms with van der Waals surface area (Å²) in [4.78, 5) is 14.9. The van der Waals surface area contributed by atoms with E-state index in [9.17, 15) is 18.0 Å². The maximum absolute atomic E-state index is 12.9. The van der Waals surface area contributed by atoms with Crippen molar-refractivity contribution in [1.82, 2.24) is 4.90 Å². The lowest BCUT2D eigenvalue weighted by atomic mass is 10.0. The van der Waals surface area contributed by atoms with Crippen LogP contribution in [0.25, 0.3) is 0 Å². The van der Waals surface area contributed by atoms with Crippen LogP contribution < -0.4 is 10.2 Å². The van der Waals surface area contributed by atoms with Gasteiger partial charge in [0.25, 0.3) is 0 Å². The van der Waals surface area contributed by atoms with Gasteiger partial charge in [-0.05, 0) is 60.6 Å². The van der Waals surface area contributed by atoms with Gasteiger partial charge in [0.1, 0.15) is 0 Å². The molecule has 4 rings (SSSR count). The van der Waals surface area contributed by atoms with Crippen molar-refractivity contribution in [2.45, 2.75) is 38.4 Å². The first-order valence-corrected chi connectivity index (χ1v) is 10.9. The average molecular weight is 452 g/mol. The molecule has 0 bridgehead atoms. The molecule has 0 spiro atoms. The van der Waals surface area contributed by atoms with E-state index in [2.05, 4.69) is 22.3 Å². The van der Waals surface area contributed by atoms with E-state index in [-0.39, 0.29) is 13.1 Å². The SMILES string of the molecule is O=C(N1CCc2ccc(Cl)c(NCc3cccc(N4CCCC4)c3)c2CC1)C(F)(F)F. The van der Waals surface area contributed by atoms with Gasteiger partial charge >= 0.3 is 12.1 Å². The quantitative estimate of drug-likeness (QED) is 0.707. The Morgan fingerprint density at radius 3 is 2.52 bits per heavy atom. The molecule has 0 saturated carbocycles. The number of nitrogens with one attached hydrogen (secondary N) is 1. The molecule has 0 aromatic heterocycles. The Labute approximate surface area is 185 Å². The van der Waals surface area contributed by atoms with Crippen molar-refractivity contribution < 1.29 is 18.0 Å². The molecule has 1 saturated heterocycles. The number of rotatable bonds is 4. The lowest BCUT2D eigenvalue weighted by Gasteiger charge is -2.21. The Morgan fingerprint density at radius 2 is 1.77 bits per heavy atom. The van der Waals surface area contributed by atoms with E-state index < -0.39 is 12.1 Å². The van der Waals surface area contributed by atoms with Gasteiger partial charge in [-0.3, -0.25) is 4.79 Å². The minimum Gasteiger partial charge on any atom is -0.380 e. The van der Waals surface area contributed by atoms with Crippen molar-refractivity contribution >= 4 is 28.9 Å². The first-order valence-electron chi connectivity index (χ1n) is 10.6. The Kier molecular flexibility index (Phi) is 6.32. The normalized spacial score (nSPS) is 16.8. The van der Waals surface area contributed by atoms with Gasteiger partial charge in [-0.1, -0.05) is 29.8 Å². The molecule has 1 fully saturated rings. The van der Waals surface area contributed by atoms with Gasteiger partial charge in [0.05, 0.1) is 10.7 Å². The van der Waals surface area contributed by atoms with E-state index >= 15 is 0 Å². The predicted molar refractivity (Wildman–Crippen MR) is 117 cm³/mol. The second kappa shape index (κ2) is 8.99. The number of anilines is 2. The van der Waals surface area contributed by atoms with Crippen molar-refractivity contribution in [3.8, 4) is 0 Å². The second-order valence-corrected chi connectivity index (χ2v) is 8.47. The highest BCUT2D eigenvalue weighted by Crippen LogP contribution is 2.33. The molecule has 1 N–H and O–H groups in total. The number of benzene rings is 2. The molecule has 2 aromatic carbocycles. The lowest BCUT2D eigenvalue weighted by Crippen LogP contribution is -2.42. The van der Waals surface area contributed by atoms with Gasteiger partial charge in [0.15, 0.2) is 0 Å². The first-order chi connectivity index (χ1) is 14.8. The Hall–Kier alpha value is -2.41. The molecule has 8 heteroatoms. The van der Waals surface area contributed by atoms with Crippen molar-refractivity contribution in [2.75, 3.05) is 36.4 Å². The fraction of sp³-hybridized carbons (Fsp3) is 0.435. The molecule has 166 valence electrons. The average Bonchev–Trinajstić information content (AvgIpc) is 3.20. The number of carbonyl (C=O) groups is 1. The standard InChI is InChI=1S/C23H25ClF3N3O/c24-20-7-6-17-8-12-30(22(31)23(25,26)27)13-9-19(17)21(20)28-15-16-4-3-5-18(14-16)29-10-1-2-11-29/h3-7,14,28H,1-2,8-13,15H2. The molecular formula is C23H25ClF3N3O. The van der Waals surface area contributed by atoms with Gasteiger partial charge in [0.2, 0.25) is 0 Å². The van der Waals surface area contributed by atoms with Gasteiger partial charge in [-0.15, -0.1) is 0 Å². The summed E-state index contributed by atoms with van der Waals surface area (Å²) in [5.74, 6) is -1.78. The Balaban J connectivity index is 1.50. The zero-order valence-electron chi connectivity index (χ0n) is 17.1. The Morgan fingerprint density at radius 1 is 1.03 bits per heavy atom. The van der Waals surface area contributed by atoms with Crippen LogP contribution in [0.3, 0.4) is 0 Å². The van der Waals surface area contributed by atoms with Crippen molar-refractivity contribution in [1.29, 1.82) is 0 Å². The molecule has 2 heterocycles. The largest absolute Gasteiger partial charge is 0.471 e. The number of fused-ring (bicyclic) bond motifs is 1. The van der Waals surface area contributed by atoms with Crippen molar-refractivity contribution in [3.63, 3.8) is 0 Å². The minimum absolute atomic E-state index is 0.0187. The van der Waals surface area contributed by atoms with Crippen LogP contribution in [0.5, 0.6) is 0 Å². The van der Waals surface area contributed by atoms with E-state index in [1.807, 2.05) is 18.2 Å². The van der Waals surface area contributed by atoms with E-state index in [0.717, 1.165) is 40.4 Å². The molecule has 1 amide bonds. The topological polar surface area (TPSA) is 35.6 Å². The fourth-order valence-corrected chi connectivity index (χ4v) is 4.64. The minimum atomic E-state index is -4.85. The van der Waals surface area contributed by atoms with E-state index in [4.69, 9.17) is 11.6 Å². The highest BCUT2D eigenvalue weighted by molar-refractivity contribution is 6.33. The number of alkyl halides is 3. The van der Waals surface area contributed by atoms with Crippen LogP contribution in [0.15, 0.2) is 36.4 Å². The number of halogens is 4. The smallest absolute Gasteiger partial charge is 0.380 e. The molecule has 0 unspecified atom stereocenters. The summed E-state index contributed by atoms with van der Waals surface area (Å²) in [5, 5.41) is 3.93. The summed E-state index contributed by atoms with van der Waals surface area (Å²) in [5.41, 5.74) is 4.87.